The van der Waals surface area contributed by atoms with Crippen LogP contribution in [0.4, 0.5) is 0 Å². The summed E-state index contributed by atoms with van der Waals surface area (Å²) in [5.74, 6) is 3.15. The summed E-state index contributed by atoms with van der Waals surface area (Å²) in [5, 5.41) is 7.56. The van der Waals surface area contributed by atoms with E-state index in [1.165, 1.54) is 24.2 Å². The summed E-state index contributed by atoms with van der Waals surface area (Å²) >= 11 is 2.07. The predicted molar refractivity (Wildman–Crippen MR) is 96.2 cm³/mol. The summed E-state index contributed by atoms with van der Waals surface area (Å²) in [7, 11) is 3.54. The van der Waals surface area contributed by atoms with Crippen molar-refractivity contribution in [2.75, 3.05) is 33.0 Å². The van der Waals surface area contributed by atoms with Gasteiger partial charge in [-0.05, 0) is 49.1 Å². The standard InChI is InChI=1S/C17H27N3OS/c1-18-17(20-13-16-9-5-11-22-16)19-10-4-7-14-6-3-8-15(12-14)21-2/h3,6,8,12,16H,4-5,7,9-11,13H2,1-2H3,(H2,18,19,20). The van der Waals surface area contributed by atoms with Crippen molar-refractivity contribution in [3.63, 3.8) is 0 Å². The normalized spacial score (nSPS) is 18.3. The molecule has 2 N–H and O–H groups in total. The third-order valence-corrected chi connectivity index (χ3v) is 5.21. The molecule has 1 saturated heterocycles. The van der Waals surface area contributed by atoms with Crippen LogP contribution in [0, 0.1) is 0 Å². The molecule has 1 unspecified atom stereocenters. The Labute approximate surface area is 138 Å². The average Bonchev–Trinajstić information content (AvgIpc) is 3.08. The fourth-order valence-corrected chi connectivity index (χ4v) is 3.76. The molecule has 5 heteroatoms. The van der Waals surface area contributed by atoms with Crippen molar-refractivity contribution in [2.24, 2.45) is 4.99 Å². The Kier molecular flexibility index (Phi) is 7.43. The minimum Gasteiger partial charge on any atom is -0.497 e. The van der Waals surface area contributed by atoms with Gasteiger partial charge in [0.2, 0.25) is 0 Å². The number of benzene rings is 1. The van der Waals surface area contributed by atoms with Gasteiger partial charge in [-0.1, -0.05) is 12.1 Å². The molecule has 4 nitrogen and oxygen atoms in total. The topological polar surface area (TPSA) is 45.7 Å². The van der Waals surface area contributed by atoms with Gasteiger partial charge in [0, 0.05) is 25.4 Å². The van der Waals surface area contributed by atoms with E-state index in [1.807, 2.05) is 19.2 Å². The summed E-state index contributed by atoms with van der Waals surface area (Å²) in [5.41, 5.74) is 1.31. The first-order valence-electron chi connectivity index (χ1n) is 8.01. The van der Waals surface area contributed by atoms with E-state index in [4.69, 9.17) is 4.74 Å². The highest BCUT2D eigenvalue weighted by Crippen LogP contribution is 2.25. The van der Waals surface area contributed by atoms with E-state index in [-0.39, 0.29) is 0 Å². The zero-order valence-electron chi connectivity index (χ0n) is 13.6. The monoisotopic (exact) mass is 321 g/mol. The number of aryl methyl sites for hydroxylation is 1. The molecule has 1 aromatic carbocycles. The predicted octanol–water partition coefficient (Wildman–Crippen LogP) is 2.69. The van der Waals surface area contributed by atoms with Crippen LogP contribution in [0.25, 0.3) is 0 Å². The molecule has 1 aliphatic rings. The minimum absolute atomic E-state index is 0.746. The molecular weight excluding hydrogens is 294 g/mol. The highest BCUT2D eigenvalue weighted by Gasteiger charge is 2.15. The number of rotatable bonds is 7. The van der Waals surface area contributed by atoms with Crippen molar-refractivity contribution < 1.29 is 4.74 Å². The van der Waals surface area contributed by atoms with Crippen molar-refractivity contribution in [1.82, 2.24) is 10.6 Å². The van der Waals surface area contributed by atoms with Crippen molar-refractivity contribution in [1.29, 1.82) is 0 Å². The molecule has 1 heterocycles. The Bertz CT molecular complexity index is 473. The van der Waals surface area contributed by atoms with Crippen LogP contribution in [-0.2, 0) is 6.42 Å². The smallest absolute Gasteiger partial charge is 0.191 e. The number of nitrogens with one attached hydrogen (secondary N) is 2. The summed E-state index contributed by atoms with van der Waals surface area (Å²) in [6.45, 7) is 1.94. The molecule has 0 radical (unpaired) electrons. The van der Waals surface area contributed by atoms with Crippen LogP contribution in [0.3, 0.4) is 0 Å². The van der Waals surface area contributed by atoms with Crippen LogP contribution in [-0.4, -0.2) is 44.2 Å². The summed E-state index contributed by atoms with van der Waals surface area (Å²) in [4.78, 5) is 4.29. The second-order valence-corrected chi connectivity index (χ2v) is 6.88. The zero-order valence-corrected chi connectivity index (χ0v) is 14.4. The molecule has 22 heavy (non-hydrogen) atoms. The Morgan fingerprint density at radius 2 is 2.32 bits per heavy atom. The first kappa shape index (κ1) is 17.0. The first-order valence-corrected chi connectivity index (χ1v) is 9.05. The fraction of sp³-hybridized carbons (Fsp3) is 0.588. The molecule has 122 valence electrons. The minimum atomic E-state index is 0.746. The second-order valence-electron chi connectivity index (χ2n) is 5.47. The lowest BCUT2D eigenvalue weighted by Gasteiger charge is -2.14. The molecule has 1 aromatic rings. The molecule has 1 atom stereocenters. The number of aliphatic imine (C=N–C) groups is 1. The fourth-order valence-electron chi connectivity index (χ4n) is 2.56. The summed E-state index contributed by atoms with van der Waals surface area (Å²) in [6.07, 6.45) is 4.79. The van der Waals surface area contributed by atoms with E-state index in [0.717, 1.165) is 42.9 Å². The van der Waals surface area contributed by atoms with Crippen molar-refractivity contribution in [3.8, 4) is 5.75 Å². The highest BCUT2D eigenvalue weighted by atomic mass is 32.2. The Morgan fingerprint density at radius 1 is 1.41 bits per heavy atom. The highest BCUT2D eigenvalue weighted by molar-refractivity contribution is 8.00. The van der Waals surface area contributed by atoms with Crippen molar-refractivity contribution in [2.45, 2.75) is 30.9 Å². The molecule has 0 aromatic heterocycles. The lowest BCUT2D eigenvalue weighted by atomic mass is 10.1. The van der Waals surface area contributed by atoms with Gasteiger partial charge in [0.1, 0.15) is 5.75 Å². The summed E-state index contributed by atoms with van der Waals surface area (Å²) < 4.78 is 5.25. The molecule has 2 rings (SSSR count). The van der Waals surface area contributed by atoms with Crippen LogP contribution in [0.2, 0.25) is 0 Å². The van der Waals surface area contributed by atoms with Crippen molar-refractivity contribution >= 4 is 17.7 Å². The Balaban J connectivity index is 1.63. The number of guanidine groups is 1. The number of hydrogen-bond donors (Lipinski definition) is 2. The molecule has 0 spiro atoms. The number of hydrogen-bond acceptors (Lipinski definition) is 3. The maximum Gasteiger partial charge on any atom is 0.191 e. The van der Waals surface area contributed by atoms with E-state index < -0.39 is 0 Å². The number of ether oxygens (including phenoxy) is 1. The van der Waals surface area contributed by atoms with Gasteiger partial charge >= 0.3 is 0 Å². The molecule has 0 bridgehead atoms. The SMILES string of the molecule is CN=C(NCCCc1cccc(OC)c1)NCC1CCCS1. The lowest BCUT2D eigenvalue weighted by Crippen LogP contribution is -2.40. The third-order valence-electron chi connectivity index (χ3n) is 3.81. The quantitative estimate of drug-likeness (QED) is 0.460. The van der Waals surface area contributed by atoms with E-state index >= 15 is 0 Å². The van der Waals surface area contributed by atoms with Crippen LogP contribution in [0.5, 0.6) is 5.75 Å². The van der Waals surface area contributed by atoms with E-state index in [9.17, 15) is 0 Å². The van der Waals surface area contributed by atoms with Gasteiger partial charge in [-0.25, -0.2) is 0 Å². The zero-order chi connectivity index (χ0) is 15.6. The first-order chi connectivity index (χ1) is 10.8. The number of methoxy groups -OCH3 is 1. The molecule has 0 amide bonds. The van der Waals surface area contributed by atoms with Crippen LogP contribution >= 0.6 is 11.8 Å². The maximum absolute atomic E-state index is 5.25. The summed E-state index contributed by atoms with van der Waals surface area (Å²) in [6, 6.07) is 8.27. The maximum atomic E-state index is 5.25. The Morgan fingerprint density at radius 3 is 3.05 bits per heavy atom. The molecular formula is C17H27N3OS. The Hall–Kier alpha value is -1.36. The van der Waals surface area contributed by atoms with Gasteiger partial charge in [-0.2, -0.15) is 11.8 Å². The molecule has 1 fully saturated rings. The third kappa shape index (κ3) is 5.79. The van der Waals surface area contributed by atoms with Gasteiger partial charge in [0.15, 0.2) is 5.96 Å². The van der Waals surface area contributed by atoms with E-state index in [0.29, 0.717) is 0 Å². The molecule has 0 saturated carbocycles. The second kappa shape index (κ2) is 9.62. The van der Waals surface area contributed by atoms with Crippen molar-refractivity contribution in [3.05, 3.63) is 29.8 Å². The lowest BCUT2D eigenvalue weighted by molar-refractivity contribution is 0.414. The van der Waals surface area contributed by atoms with Gasteiger partial charge in [0.25, 0.3) is 0 Å². The molecule has 0 aliphatic carbocycles. The van der Waals surface area contributed by atoms with E-state index in [1.54, 1.807) is 7.11 Å². The van der Waals surface area contributed by atoms with Crippen LogP contribution < -0.4 is 15.4 Å². The van der Waals surface area contributed by atoms with Crippen LogP contribution in [0.1, 0.15) is 24.8 Å². The largest absolute Gasteiger partial charge is 0.497 e. The van der Waals surface area contributed by atoms with Gasteiger partial charge in [-0.3, -0.25) is 4.99 Å². The number of thioether (sulfide) groups is 1. The van der Waals surface area contributed by atoms with E-state index in [2.05, 4.69) is 39.5 Å². The number of nitrogens with zero attached hydrogens (tertiary/aromatic N) is 1. The van der Waals surface area contributed by atoms with Gasteiger partial charge < -0.3 is 15.4 Å². The van der Waals surface area contributed by atoms with Crippen LogP contribution in [0.15, 0.2) is 29.3 Å². The molecule has 1 aliphatic heterocycles. The van der Waals surface area contributed by atoms with Gasteiger partial charge in [-0.15, -0.1) is 0 Å². The van der Waals surface area contributed by atoms with Gasteiger partial charge in [0.05, 0.1) is 7.11 Å². The average molecular weight is 321 g/mol.